The molecule has 14 heavy (non-hydrogen) atoms. The molecule has 0 aromatic heterocycles. The molecule has 0 radical (unpaired) electrons. The normalized spacial score (nSPS) is 28.9. The van der Waals surface area contributed by atoms with Gasteiger partial charge in [-0.15, -0.1) is 0 Å². The fourth-order valence-corrected chi connectivity index (χ4v) is 1.88. The Morgan fingerprint density at radius 1 is 1.57 bits per heavy atom. The molecule has 0 N–H and O–H groups in total. The highest BCUT2D eigenvalue weighted by atomic mass is 16.5. The molecule has 0 saturated carbocycles. The lowest BCUT2D eigenvalue weighted by atomic mass is 9.85. The van der Waals surface area contributed by atoms with Gasteiger partial charge in [-0.2, -0.15) is 0 Å². The summed E-state index contributed by atoms with van der Waals surface area (Å²) in [7, 11) is 0. The summed E-state index contributed by atoms with van der Waals surface area (Å²) in [6, 6.07) is 0. The maximum atomic E-state index is 11.3. The summed E-state index contributed by atoms with van der Waals surface area (Å²) in [6.45, 7) is 4.19. The lowest BCUT2D eigenvalue weighted by Crippen LogP contribution is -2.24. The van der Waals surface area contributed by atoms with Crippen molar-refractivity contribution in [3.05, 3.63) is 0 Å². The number of ether oxygens (including phenoxy) is 1. The van der Waals surface area contributed by atoms with Crippen molar-refractivity contribution in [3.8, 4) is 0 Å². The maximum absolute atomic E-state index is 11.3. The van der Waals surface area contributed by atoms with E-state index in [4.69, 9.17) is 4.74 Å². The van der Waals surface area contributed by atoms with Gasteiger partial charge < -0.3 is 4.74 Å². The number of cyclic esters (lactones) is 1. The van der Waals surface area contributed by atoms with Crippen molar-refractivity contribution in [2.75, 3.05) is 6.61 Å². The molecule has 1 rings (SSSR count). The van der Waals surface area contributed by atoms with Crippen molar-refractivity contribution in [1.29, 1.82) is 0 Å². The number of carbonyl (C=O) groups excluding carboxylic acids is 2. The smallest absolute Gasteiger partial charge is 0.306 e. The van der Waals surface area contributed by atoms with Gasteiger partial charge in [-0.05, 0) is 25.7 Å². The highest BCUT2D eigenvalue weighted by molar-refractivity contribution is 5.83. The van der Waals surface area contributed by atoms with Crippen molar-refractivity contribution < 1.29 is 14.3 Å². The predicted octanol–water partition coefficient (Wildman–Crippen LogP) is 1.94. The van der Waals surface area contributed by atoms with Crippen LogP contribution in [-0.4, -0.2) is 18.4 Å². The van der Waals surface area contributed by atoms with Gasteiger partial charge in [0.25, 0.3) is 0 Å². The number of carbonyl (C=O) groups is 2. The number of hydrogen-bond donors (Lipinski definition) is 0. The summed E-state index contributed by atoms with van der Waals surface area (Å²) >= 11 is 0. The largest absolute Gasteiger partial charge is 0.466 e. The molecule has 2 atom stereocenters. The Bertz CT molecular complexity index is 223. The average molecular weight is 198 g/mol. The summed E-state index contributed by atoms with van der Waals surface area (Å²) in [4.78, 5) is 22.4. The summed E-state index contributed by atoms with van der Waals surface area (Å²) in [5, 5.41) is 0. The molecule has 1 saturated heterocycles. The summed E-state index contributed by atoms with van der Waals surface area (Å²) in [5.41, 5.74) is 0. The molecule has 0 amide bonds. The first-order valence-corrected chi connectivity index (χ1v) is 5.29. The number of rotatable bonds is 2. The summed E-state index contributed by atoms with van der Waals surface area (Å²) in [6.07, 6.45) is 3.07. The molecule has 3 heteroatoms. The van der Waals surface area contributed by atoms with Crippen LogP contribution in [-0.2, 0) is 14.3 Å². The molecule has 1 aliphatic rings. The molecular weight excluding hydrogens is 180 g/mol. The van der Waals surface area contributed by atoms with Gasteiger partial charge in [0.15, 0.2) is 0 Å². The van der Waals surface area contributed by atoms with E-state index in [9.17, 15) is 9.59 Å². The highest BCUT2D eigenvalue weighted by Crippen LogP contribution is 2.25. The third-order valence-corrected chi connectivity index (χ3v) is 2.97. The second-order valence-corrected chi connectivity index (χ2v) is 4.03. The van der Waals surface area contributed by atoms with Gasteiger partial charge in [-0.1, -0.05) is 13.3 Å². The van der Waals surface area contributed by atoms with Gasteiger partial charge >= 0.3 is 5.97 Å². The Labute approximate surface area is 84.8 Å². The van der Waals surface area contributed by atoms with Gasteiger partial charge in [0, 0.05) is 5.92 Å². The van der Waals surface area contributed by atoms with Crippen LogP contribution in [0.5, 0.6) is 0 Å². The monoisotopic (exact) mass is 198 g/mol. The van der Waals surface area contributed by atoms with Crippen LogP contribution in [0.15, 0.2) is 0 Å². The molecule has 1 fully saturated rings. The van der Waals surface area contributed by atoms with Crippen molar-refractivity contribution in [2.45, 2.75) is 39.5 Å². The van der Waals surface area contributed by atoms with E-state index in [2.05, 4.69) is 6.92 Å². The minimum absolute atomic E-state index is 0.113. The van der Waals surface area contributed by atoms with Crippen LogP contribution in [0.2, 0.25) is 0 Å². The molecule has 0 bridgehead atoms. The number of esters is 1. The third-order valence-electron chi connectivity index (χ3n) is 2.97. The fraction of sp³-hybridized carbons (Fsp3) is 0.818. The molecule has 0 aliphatic carbocycles. The molecular formula is C11H18O3. The van der Waals surface area contributed by atoms with Gasteiger partial charge in [0.1, 0.15) is 5.78 Å². The van der Waals surface area contributed by atoms with Crippen LogP contribution in [0.1, 0.15) is 39.5 Å². The highest BCUT2D eigenvalue weighted by Gasteiger charge is 2.25. The van der Waals surface area contributed by atoms with Crippen LogP contribution in [0, 0.1) is 11.8 Å². The predicted molar refractivity (Wildman–Crippen MR) is 52.8 cm³/mol. The lowest BCUT2D eigenvalue weighted by molar-refractivity contribution is -0.148. The van der Waals surface area contributed by atoms with E-state index in [0.717, 1.165) is 19.3 Å². The molecule has 80 valence electrons. The molecule has 2 unspecified atom stereocenters. The minimum atomic E-state index is -0.222. The van der Waals surface area contributed by atoms with Crippen molar-refractivity contribution in [1.82, 2.24) is 0 Å². The zero-order valence-corrected chi connectivity index (χ0v) is 8.91. The Hall–Kier alpha value is -0.860. The molecule has 1 aliphatic heterocycles. The van der Waals surface area contributed by atoms with E-state index in [1.807, 2.05) is 0 Å². The summed E-state index contributed by atoms with van der Waals surface area (Å²) < 4.78 is 5.00. The Kier molecular flexibility index (Phi) is 4.11. The fourth-order valence-electron chi connectivity index (χ4n) is 1.88. The van der Waals surface area contributed by atoms with E-state index in [1.54, 1.807) is 6.92 Å². The molecule has 1 heterocycles. The van der Waals surface area contributed by atoms with Crippen molar-refractivity contribution in [2.24, 2.45) is 11.8 Å². The van der Waals surface area contributed by atoms with Crippen LogP contribution < -0.4 is 0 Å². The number of ketones is 1. The first kappa shape index (κ1) is 11.2. The van der Waals surface area contributed by atoms with Crippen LogP contribution in [0.3, 0.4) is 0 Å². The number of hydrogen-bond acceptors (Lipinski definition) is 3. The first-order chi connectivity index (χ1) is 6.63. The Balaban J connectivity index is 2.60. The molecule has 0 aromatic carbocycles. The second kappa shape index (κ2) is 5.13. The topological polar surface area (TPSA) is 43.4 Å². The van der Waals surface area contributed by atoms with Gasteiger partial charge in [-0.25, -0.2) is 0 Å². The van der Waals surface area contributed by atoms with Gasteiger partial charge in [-0.3, -0.25) is 9.59 Å². The van der Waals surface area contributed by atoms with Crippen LogP contribution >= 0.6 is 0 Å². The van der Waals surface area contributed by atoms with Crippen LogP contribution in [0.4, 0.5) is 0 Å². The summed E-state index contributed by atoms with van der Waals surface area (Å²) in [5.74, 6) is 0.298. The molecule has 0 aromatic rings. The zero-order chi connectivity index (χ0) is 10.6. The molecule has 0 spiro atoms. The minimum Gasteiger partial charge on any atom is -0.466 e. The maximum Gasteiger partial charge on any atom is 0.306 e. The van der Waals surface area contributed by atoms with E-state index in [-0.39, 0.29) is 24.1 Å². The quantitative estimate of drug-likeness (QED) is 0.637. The second-order valence-electron chi connectivity index (χ2n) is 4.03. The van der Waals surface area contributed by atoms with Crippen molar-refractivity contribution in [3.63, 3.8) is 0 Å². The Morgan fingerprint density at radius 2 is 2.29 bits per heavy atom. The zero-order valence-electron chi connectivity index (χ0n) is 8.91. The lowest BCUT2D eigenvalue weighted by Gasteiger charge is -2.23. The van der Waals surface area contributed by atoms with Gasteiger partial charge in [0.05, 0.1) is 13.0 Å². The van der Waals surface area contributed by atoms with E-state index >= 15 is 0 Å². The molecule has 3 nitrogen and oxygen atoms in total. The van der Waals surface area contributed by atoms with Gasteiger partial charge in [0.2, 0.25) is 0 Å². The van der Waals surface area contributed by atoms with Crippen molar-refractivity contribution >= 4 is 11.8 Å². The third kappa shape index (κ3) is 3.13. The van der Waals surface area contributed by atoms with Crippen LogP contribution in [0.25, 0.3) is 0 Å². The number of Topliss-reactive ketones (excluding diaryl/α,β-unsaturated/α-hetero) is 1. The van der Waals surface area contributed by atoms with E-state index in [0.29, 0.717) is 12.5 Å². The van der Waals surface area contributed by atoms with E-state index < -0.39 is 0 Å². The Morgan fingerprint density at radius 3 is 2.86 bits per heavy atom. The SMILES string of the molecule is CCC1CCOC(=O)CC(C(C)=O)C1. The average Bonchev–Trinajstić information content (AvgIpc) is 2.10. The van der Waals surface area contributed by atoms with E-state index in [1.165, 1.54) is 0 Å². The standard InChI is InChI=1S/C11H18O3/c1-3-9-4-5-14-11(13)7-10(6-9)8(2)12/h9-10H,3-7H2,1-2H3. The first-order valence-electron chi connectivity index (χ1n) is 5.29.